The van der Waals surface area contributed by atoms with E-state index in [9.17, 15) is 98.0 Å². The van der Waals surface area contributed by atoms with E-state index in [2.05, 4.69) is 0 Å². The molecule has 2 aliphatic carbocycles. The Balaban J connectivity index is 0. The smallest absolute Gasteiger partial charge is 0.376 e. The van der Waals surface area contributed by atoms with Gasteiger partial charge in [-0.1, -0.05) is 41.0 Å². The first kappa shape index (κ1) is 53.6. The molecule has 0 aromatic rings. The average Bonchev–Trinajstić information content (AvgIpc) is 3.16. The second kappa shape index (κ2) is 17.7. The van der Waals surface area contributed by atoms with E-state index in [1.807, 2.05) is 0 Å². The van der Waals surface area contributed by atoms with Crippen LogP contribution in [0.2, 0.25) is 0 Å². The number of hydrogen-bond donors (Lipinski definition) is 3. The van der Waals surface area contributed by atoms with E-state index >= 15 is 0 Å². The van der Waals surface area contributed by atoms with Crippen LogP contribution in [0.4, 0.5) is 87.8 Å². The maximum absolute atomic E-state index is 14.1. The van der Waals surface area contributed by atoms with Crippen molar-refractivity contribution in [2.24, 2.45) is 17.8 Å². The summed E-state index contributed by atoms with van der Waals surface area (Å²) in [6.45, 7) is 4.67. The summed E-state index contributed by atoms with van der Waals surface area (Å²) in [6.07, 6.45) is -26.0. The van der Waals surface area contributed by atoms with Gasteiger partial charge < -0.3 is 15.3 Å². The quantitative estimate of drug-likeness (QED) is 0.203. The highest BCUT2D eigenvalue weighted by Crippen LogP contribution is 2.63. The van der Waals surface area contributed by atoms with E-state index in [-0.39, 0.29) is 12.8 Å². The summed E-state index contributed by atoms with van der Waals surface area (Å²) in [7, 11) is 0.500. The lowest BCUT2D eigenvalue weighted by Crippen LogP contribution is -2.65. The molecular weight excluding hydrogens is 788 g/mol. The molecule has 0 amide bonds. The Morgan fingerprint density at radius 3 is 1.36 bits per heavy atom. The summed E-state index contributed by atoms with van der Waals surface area (Å²) in [5.41, 5.74) is -16.1. The lowest BCUT2D eigenvalue weighted by molar-refractivity contribution is -0.369. The predicted octanol–water partition coefficient (Wildman–Crippen LogP) is 11.1. The molecule has 0 aliphatic heterocycles. The fourth-order valence-corrected chi connectivity index (χ4v) is 6.08. The first-order valence-electron chi connectivity index (χ1n) is 15.9. The minimum absolute atomic E-state index is 0.182. The molecule has 2 rings (SSSR count). The van der Waals surface area contributed by atoms with E-state index in [0.717, 1.165) is 13.8 Å². The molecule has 0 aromatic heterocycles. The minimum Gasteiger partial charge on any atom is -0.376 e. The molecule has 3 N–H and O–H groups in total. The molecule has 0 saturated heterocycles. The van der Waals surface area contributed by atoms with Crippen LogP contribution in [0, 0.1) is 17.8 Å². The summed E-state index contributed by atoms with van der Waals surface area (Å²) in [6, 6.07) is 0. The van der Waals surface area contributed by atoms with Gasteiger partial charge in [-0.2, -0.15) is 48.3 Å². The largest absolute Gasteiger partial charge is 0.423 e. The van der Waals surface area contributed by atoms with Crippen molar-refractivity contribution in [3.8, 4) is 0 Å². The van der Waals surface area contributed by atoms with Crippen LogP contribution in [-0.2, 0) is 0 Å². The Hall–Kier alpha value is -1.52. The molecule has 0 radical (unpaired) electrons. The molecule has 0 bridgehead atoms. The summed E-state index contributed by atoms with van der Waals surface area (Å²) in [5, 5.41) is 27.5. The van der Waals surface area contributed by atoms with E-state index < -0.39 is 134 Å². The molecule has 0 aromatic carbocycles. The number of alkyl halides is 20. The van der Waals surface area contributed by atoms with Crippen molar-refractivity contribution in [3.63, 3.8) is 0 Å². The third kappa shape index (κ3) is 10.3. The summed E-state index contributed by atoms with van der Waals surface area (Å²) < 4.78 is 255. The zero-order valence-corrected chi connectivity index (χ0v) is 29.2. The summed E-state index contributed by atoms with van der Waals surface area (Å²) >= 11 is 0. The van der Waals surface area contributed by atoms with Gasteiger partial charge in [0.05, 0.1) is 20.3 Å². The monoisotopic (exact) mass is 832 g/mol. The standard InChI is InChI=1S/C10H14F6O.C10H16F6O.C9H11F7O.CH3F/c1-3-6-5-8(17,10(14,15)16)9(12,13)7(6,11)4-2;1-3-4-9(12,13)8(17,10(14,15)16)5-7(2)6-11;1-2-5-3-7(17,9(14,15)16)8(12,13)4-6(5,10)11;1-2/h6,17H,3-5H2,1-2H3;7,17H,3-6H2,1-2H3;5,17H,2-4H2,1H3;1H3. The van der Waals surface area contributed by atoms with Crippen LogP contribution < -0.4 is 0 Å². The molecule has 3 nitrogen and oxygen atoms in total. The first-order valence-corrected chi connectivity index (χ1v) is 15.9. The van der Waals surface area contributed by atoms with Gasteiger partial charge >= 0.3 is 24.5 Å². The lowest BCUT2D eigenvalue weighted by Gasteiger charge is -2.46. The highest BCUT2D eigenvalue weighted by molar-refractivity contribution is 5.19. The van der Waals surface area contributed by atoms with E-state index in [1.54, 1.807) is 0 Å². The van der Waals surface area contributed by atoms with E-state index in [1.165, 1.54) is 20.8 Å². The van der Waals surface area contributed by atoms with Gasteiger partial charge in [0.15, 0.2) is 5.67 Å². The van der Waals surface area contributed by atoms with Crippen LogP contribution in [-0.4, -0.2) is 93.9 Å². The SMILES string of the molecule is CCC1CC(O)(C(F)(F)F)C(F)(F)C1(F)CC.CCC1CC(O)(C(F)(F)F)C(F)(F)CC1(F)F.CCCC(F)(F)C(O)(CC(C)CF)C(F)(F)F.CF. The first-order chi connectivity index (χ1) is 23.4. The third-order valence-electron chi connectivity index (χ3n) is 9.42. The van der Waals surface area contributed by atoms with Crippen LogP contribution in [0.5, 0.6) is 0 Å². The fourth-order valence-electron chi connectivity index (χ4n) is 6.08. The van der Waals surface area contributed by atoms with Gasteiger partial charge in [0.2, 0.25) is 16.8 Å². The highest BCUT2D eigenvalue weighted by Gasteiger charge is 2.83. The van der Waals surface area contributed by atoms with Crippen molar-refractivity contribution in [1.82, 2.24) is 0 Å². The Morgan fingerprint density at radius 2 is 1.08 bits per heavy atom. The Labute approximate surface area is 292 Å². The van der Waals surface area contributed by atoms with Gasteiger partial charge in [-0.3, -0.25) is 8.78 Å². The van der Waals surface area contributed by atoms with Gasteiger partial charge in [0.25, 0.3) is 17.8 Å². The van der Waals surface area contributed by atoms with Gasteiger partial charge in [-0.05, 0) is 44.4 Å². The maximum Gasteiger partial charge on any atom is 0.423 e. The Morgan fingerprint density at radius 1 is 0.679 bits per heavy atom. The van der Waals surface area contributed by atoms with Crippen LogP contribution in [0.1, 0.15) is 92.4 Å². The van der Waals surface area contributed by atoms with Crippen molar-refractivity contribution >= 4 is 0 Å². The van der Waals surface area contributed by atoms with Crippen molar-refractivity contribution in [2.75, 3.05) is 13.9 Å². The zero-order chi connectivity index (χ0) is 43.3. The van der Waals surface area contributed by atoms with Crippen molar-refractivity contribution in [3.05, 3.63) is 0 Å². The van der Waals surface area contributed by atoms with E-state index in [4.69, 9.17) is 5.11 Å². The maximum atomic E-state index is 14.1. The van der Waals surface area contributed by atoms with Crippen LogP contribution >= 0.6 is 0 Å². The predicted molar refractivity (Wildman–Crippen MR) is 150 cm³/mol. The zero-order valence-electron chi connectivity index (χ0n) is 29.2. The van der Waals surface area contributed by atoms with Crippen LogP contribution in [0.25, 0.3) is 0 Å². The molecule has 2 fully saturated rings. The normalized spacial score (nSPS) is 31.4. The van der Waals surface area contributed by atoms with Crippen molar-refractivity contribution in [1.29, 1.82) is 0 Å². The van der Waals surface area contributed by atoms with Gasteiger partial charge in [-0.25, -0.2) is 30.7 Å². The average molecular weight is 833 g/mol. The van der Waals surface area contributed by atoms with E-state index in [0.29, 0.717) is 7.18 Å². The Bertz CT molecular complexity index is 1090. The molecule has 2 saturated carbocycles. The fraction of sp³-hybridized carbons (Fsp3) is 1.00. The molecular formula is C30H44F20O3. The molecule has 53 heavy (non-hydrogen) atoms. The lowest BCUT2D eigenvalue weighted by atomic mass is 9.71. The molecule has 23 heteroatoms. The third-order valence-corrected chi connectivity index (χ3v) is 9.42. The van der Waals surface area contributed by atoms with Gasteiger partial charge in [0, 0.05) is 18.3 Å². The van der Waals surface area contributed by atoms with Crippen LogP contribution in [0.15, 0.2) is 0 Å². The minimum atomic E-state index is -5.64. The summed E-state index contributed by atoms with van der Waals surface area (Å²) in [5.74, 6) is -22.6. The van der Waals surface area contributed by atoms with Crippen molar-refractivity contribution in [2.45, 2.75) is 157 Å². The molecule has 2 aliphatic rings. The second-order valence-electron chi connectivity index (χ2n) is 13.0. The van der Waals surface area contributed by atoms with Gasteiger partial charge in [-0.15, -0.1) is 0 Å². The molecule has 322 valence electrons. The highest BCUT2D eigenvalue weighted by atomic mass is 19.4. The number of halogens is 20. The van der Waals surface area contributed by atoms with Crippen LogP contribution in [0.3, 0.4) is 0 Å². The molecule has 7 unspecified atom stereocenters. The molecule has 0 heterocycles. The second-order valence-corrected chi connectivity index (χ2v) is 13.0. The molecule has 7 atom stereocenters. The number of hydrogen-bond acceptors (Lipinski definition) is 3. The topological polar surface area (TPSA) is 60.7 Å². The van der Waals surface area contributed by atoms with Crippen molar-refractivity contribution < 1.29 is 103 Å². The summed E-state index contributed by atoms with van der Waals surface area (Å²) in [4.78, 5) is 0. The molecule has 0 spiro atoms. The Kier molecular flexibility index (Phi) is 17.9. The van der Waals surface area contributed by atoms with Gasteiger partial charge in [0.1, 0.15) is 0 Å². The number of aliphatic hydroxyl groups is 3. The number of rotatable bonds is 9.